The van der Waals surface area contributed by atoms with Crippen molar-refractivity contribution >= 4 is 55.1 Å². The topological polar surface area (TPSA) is 109 Å². The maximum absolute atomic E-state index is 12.2. The van der Waals surface area contributed by atoms with Crippen LogP contribution in [0.25, 0.3) is 60.5 Å². The van der Waals surface area contributed by atoms with E-state index in [2.05, 4.69) is 20.6 Å². The molecular formula is C21H10N6O2. The number of benzene rings is 5. The molecule has 9 rings (SSSR count). The number of nitrogens with one attached hydrogen (secondary N) is 1. The summed E-state index contributed by atoms with van der Waals surface area (Å²) in [4.78, 5) is 17.1. The number of pyridine rings is 2. The molecule has 4 bridgehead atoms. The molecule has 0 saturated carbocycles. The van der Waals surface area contributed by atoms with E-state index in [1.54, 1.807) is 6.07 Å². The minimum absolute atomic E-state index is 0.260. The normalized spacial score (nSPS) is 12.4. The lowest BCUT2D eigenvalue weighted by Gasteiger charge is -2.14. The van der Waals surface area contributed by atoms with Gasteiger partial charge in [0.25, 0.3) is 0 Å². The molecule has 0 saturated heterocycles. The van der Waals surface area contributed by atoms with Gasteiger partial charge in [-0.2, -0.15) is 5.21 Å². The number of H-pyrrole nitrogens is 1. The molecule has 5 aromatic carbocycles. The zero-order valence-corrected chi connectivity index (χ0v) is 14.7. The van der Waals surface area contributed by atoms with E-state index in [4.69, 9.17) is 4.98 Å². The molecule has 2 N–H and O–H groups in total. The number of carbonyl (C=O) groups is 1. The van der Waals surface area contributed by atoms with Crippen LogP contribution in [0.4, 0.5) is 0 Å². The zero-order chi connectivity index (χ0) is 19.3. The molecule has 8 heteroatoms. The van der Waals surface area contributed by atoms with Crippen molar-refractivity contribution < 1.29 is 9.90 Å². The third-order valence-corrected chi connectivity index (χ3v) is 5.73. The number of carboxylic acid groups (broad SMARTS) is 1. The predicted molar refractivity (Wildman–Crippen MR) is 108 cm³/mol. The second kappa shape index (κ2) is 4.74. The van der Waals surface area contributed by atoms with Crippen LogP contribution in [0.2, 0.25) is 0 Å². The molecule has 0 atom stereocenters. The summed E-state index contributed by atoms with van der Waals surface area (Å²) in [5, 5.41) is 28.5. The molecule has 0 radical (unpaired) electrons. The SMILES string of the molecule is O=C(O)c1cc2c(nc3c4ccc(cc4)n23)c2c3ccc(cc3-c3nn[nH]n3)c12. The molecule has 4 heterocycles. The molecule has 0 unspecified atom stereocenters. The quantitative estimate of drug-likeness (QED) is 0.475. The third kappa shape index (κ3) is 1.67. The second-order valence-corrected chi connectivity index (χ2v) is 7.16. The molecule has 0 amide bonds. The van der Waals surface area contributed by atoms with E-state index >= 15 is 0 Å². The smallest absolute Gasteiger partial charge is 0.336 e. The van der Waals surface area contributed by atoms with E-state index in [1.807, 2.05) is 46.9 Å². The Kier molecular flexibility index (Phi) is 2.40. The van der Waals surface area contributed by atoms with Crippen molar-refractivity contribution in [1.82, 2.24) is 30.0 Å². The van der Waals surface area contributed by atoms with Crippen molar-refractivity contribution in [2.45, 2.75) is 0 Å². The number of hydrogen-bond acceptors (Lipinski definition) is 5. The maximum Gasteiger partial charge on any atom is 0.336 e. The summed E-state index contributed by atoms with van der Waals surface area (Å²) in [7, 11) is 0. The Morgan fingerprint density at radius 2 is 1.83 bits per heavy atom. The Balaban J connectivity index is 1.80. The summed E-state index contributed by atoms with van der Waals surface area (Å²) >= 11 is 0. The second-order valence-electron chi connectivity index (χ2n) is 7.16. The first-order chi connectivity index (χ1) is 14.2. The van der Waals surface area contributed by atoms with Crippen LogP contribution >= 0.6 is 0 Å². The molecule has 8 nitrogen and oxygen atoms in total. The summed E-state index contributed by atoms with van der Waals surface area (Å²) < 4.78 is 2.02. The molecule has 0 fully saturated rings. The van der Waals surface area contributed by atoms with Crippen LogP contribution in [0, 0.1) is 0 Å². The summed E-state index contributed by atoms with van der Waals surface area (Å²) in [6.07, 6.45) is 0. The molecular weight excluding hydrogens is 368 g/mol. The Labute approximate surface area is 161 Å². The zero-order valence-electron chi connectivity index (χ0n) is 14.7. The number of imidazole rings is 1. The first-order valence-electron chi connectivity index (χ1n) is 9.03. The van der Waals surface area contributed by atoms with Gasteiger partial charge in [-0.3, -0.25) is 4.40 Å². The Bertz CT molecular complexity index is 1710. The van der Waals surface area contributed by atoms with Crippen molar-refractivity contribution in [3.8, 4) is 11.4 Å². The number of hydrogen-bond donors (Lipinski definition) is 2. The van der Waals surface area contributed by atoms with Gasteiger partial charge in [0.15, 0.2) is 0 Å². The lowest BCUT2D eigenvalue weighted by molar-refractivity contribution is 0.0699. The fourth-order valence-corrected chi connectivity index (χ4v) is 4.54. The van der Waals surface area contributed by atoms with Gasteiger partial charge in [0.2, 0.25) is 5.82 Å². The Morgan fingerprint density at radius 3 is 2.59 bits per heavy atom. The highest BCUT2D eigenvalue weighted by Gasteiger charge is 2.23. The fraction of sp³-hybridized carbons (Fsp3) is 0. The fourth-order valence-electron chi connectivity index (χ4n) is 4.54. The summed E-state index contributed by atoms with van der Waals surface area (Å²) in [6, 6.07) is 15.6. The first kappa shape index (κ1) is 14.7. The van der Waals surface area contributed by atoms with Gasteiger partial charge < -0.3 is 5.11 Å². The van der Waals surface area contributed by atoms with E-state index in [-0.39, 0.29) is 5.56 Å². The molecule has 9 aromatic rings. The predicted octanol–water partition coefficient (Wildman–Crippen LogP) is 3.70. The van der Waals surface area contributed by atoms with Crippen LogP contribution in [-0.4, -0.2) is 41.1 Å². The van der Waals surface area contributed by atoms with Crippen molar-refractivity contribution in [3.63, 3.8) is 0 Å². The van der Waals surface area contributed by atoms with Gasteiger partial charge >= 0.3 is 5.97 Å². The van der Waals surface area contributed by atoms with Crippen LogP contribution < -0.4 is 0 Å². The van der Waals surface area contributed by atoms with Crippen molar-refractivity contribution in [1.29, 1.82) is 0 Å². The number of tetrazole rings is 1. The van der Waals surface area contributed by atoms with Gasteiger partial charge in [0.05, 0.1) is 16.6 Å². The van der Waals surface area contributed by atoms with Crippen LogP contribution in [0.1, 0.15) is 10.4 Å². The average molecular weight is 378 g/mol. The first-order valence-corrected chi connectivity index (χ1v) is 9.03. The largest absolute Gasteiger partial charge is 0.478 e. The number of fused-ring (bicyclic) bond motifs is 5. The summed E-state index contributed by atoms with van der Waals surface area (Å²) in [5.41, 5.74) is 4.41. The van der Waals surface area contributed by atoms with Gasteiger partial charge in [-0.1, -0.05) is 12.1 Å². The maximum atomic E-state index is 12.2. The monoisotopic (exact) mass is 378 g/mol. The van der Waals surface area contributed by atoms with Crippen LogP contribution in [-0.2, 0) is 0 Å². The Hall–Kier alpha value is -4.33. The molecule has 4 aromatic heterocycles. The van der Waals surface area contributed by atoms with Crippen LogP contribution in [0.15, 0.2) is 48.5 Å². The van der Waals surface area contributed by atoms with Crippen molar-refractivity contribution in [3.05, 3.63) is 54.1 Å². The molecule has 136 valence electrons. The number of nitrogens with zero attached hydrogens (tertiary/aromatic N) is 5. The van der Waals surface area contributed by atoms with Crippen LogP contribution in [0.3, 0.4) is 0 Å². The molecule has 0 aliphatic carbocycles. The minimum Gasteiger partial charge on any atom is -0.478 e. The van der Waals surface area contributed by atoms with Gasteiger partial charge in [0.1, 0.15) is 5.65 Å². The highest BCUT2D eigenvalue weighted by Crippen LogP contribution is 2.42. The number of aromatic nitrogens is 6. The molecule has 0 aliphatic rings. The number of aromatic carboxylic acids is 1. The van der Waals surface area contributed by atoms with E-state index in [1.165, 1.54) is 0 Å². The van der Waals surface area contributed by atoms with E-state index in [9.17, 15) is 9.90 Å². The lowest BCUT2D eigenvalue weighted by atomic mass is 9.90. The molecule has 0 spiro atoms. The number of carboxylic acids is 1. The highest BCUT2D eigenvalue weighted by atomic mass is 16.4. The average Bonchev–Trinajstić information content (AvgIpc) is 3.43. The summed E-state index contributed by atoms with van der Waals surface area (Å²) in [5.74, 6) is -0.496. The lowest BCUT2D eigenvalue weighted by Crippen LogP contribution is -2.01. The highest BCUT2D eigenvalue weighted by molar-refractivity contribution is 6.29. The third-order valence-electron chi connectivity index (χ3n) is 5.73. The number of rotatable bonds is 2. The van der Waals surface area contributed by atoms with Crippen molar-refractivity contribution in [2.24, 2.45) is 0 Å². The molecule has 29 heavy (non-hydrogen) atoms. The van der Waals surface area contributed by atoms with Crippen molar-refractivity contribution in [2.75, 3.05) is 0 Å². The van der Waals surface area contributed by atoms with Gasteiger partial charge in [-0.25, -0.2) is 9.78 Å². The number of aromatic amines is 1. The standard InChI is InChI=1S/C21H10N6O2/c28-21(29)14-8-15-18(22-20-9-1-4-11(5-2-9)27(15)20)17-12-6-3-10(16(14)17)7-13(12)19-23-25-26-24-19/h1-8H,(H,28,29)(H,23,24,25,26). The van der Waals surface area contributed by atoms with Gasteiger partial charge in [0, 0.05) is 27.2 Å². The van der Waals surface area contributed by atoms with E-state index in [0.717, 1.165) is 49.3 Å². The van der Waals surface area contributed by atoms with E-state index < -0.39 is 5.97 Å². The Morgan fingerprint density at radius 1 is 1.00 bits per heavy atom. The molecule has 0 aliphatic heterocycles. The van der Waals surface area contributed by atoms with E-state index in [0.29, 0.717) is 11.2 Å². The van der Waals surface area contributed by atoms with Crippen LogP contribution in [0.5, 0.6) is 0 Å². The van der Waals surface area contributed by atoms with Gasteiger partial charge in [-0.15, -0.1) is 10.2 Å². The van der Waals surface area contributed by atoms with Gasteiger partial charge in [-0.05, 0) is 52.4 Å². The summed E-state index contributed by atoms with van der Waals surface area (Å²) in [6.45, 7) is 0. The minimum atomic E-state index is -0.966.